The molecule has 1 aliphatic heterocycles. The molecule has 0 bridgehead atoms. The summed E-state index contributed by atoms with van der Waals surface area (Å²) in [6, 6.07) is 10.6. The van der Waals surface area contributed by atoms with E-state index < -0.39 is 0 Å². The van der Waals surface area contributed by atoms with Crippen molar-refractivity contribution in [3.05, 3.63) is 46.5 Å². The van der Waals surface area contributed by atoms with Gasteiger partial charge >= 0.3 is 0 Å². The van der Waals surface area contributed by atoms with E-state index in [0.717, 1.165) is 32.7 Å². The van der Waals surface area contributed by atoms with E-state index in [4.69, 9.17) is 23.2 Å². The lowest BCUT2D eigenvalue weighted by Gasteiger charge is -2.32. The van der Waals surface area contributed by atoms with Gasteiger partial charge in [0.2, 0.25) is 5.91 Å². The lowest BCUT2D eigenvalue weighted by Crippen LogP contribution is -3.13. The number of halogens is 2. The largest absolute Gasteiger partial charge is 0.331 e. The minimum Gasteiger partial charge on any atom is -0.331 e. The van der Waals surface area contributed by atoms with Crippen LogP contribution in [-0.2, 0) is 11.3 Å². The second kappa shape index (κ2) is 7.07. The van der Waals surface area contributed by atoms with E-state index in [1.807, 2.05) is 17.0 Å². The highest BCUT2D eigenvalue weighted by Crippen LogP contribution is 2.60. The van der Waals surface area contributed by atoms with Gasteiger partial charge < -0.3 is 9.80 Å². The Hall–Kier alpha value is -1.03. The Morgan fingerprint density at radius 3 is 2.46 bits per heavy atom. The molecule has 1 heterocycles. The van der Waals surface area contributed by atoms with Crippen LogP contribution in [0.1, 0.15) is 19.4 Å². The number of nitrogens with zero attached hydrogens (tertiary/aromatic N) is 1. The van der Waals surface area contributed by atoms with Crippen LogP contribution in [0.3, 0.4) is 0 Å². The zero-order valence-electron chi connectivity index (χ0n) is 14.3. The fraction of sp³-hybridized carbons (Fsp3) is 0.526. The van der Waals surface area contributed by atoms with Crippen LogP contribution in [0.25, 0.3) is 0 Å². The summed E-state index contributed by atoms with van der Waals surface area (Å²) in [5, 5.41) is 0. The first-order chi connectivity index (χ1) is 11.4. The first-order valence-corrected chi connectivity index (χ1v) is 9.34. The topological polar surface area (TPSA) is 24.8 Å². The number of nitrogens with one attached hydrogen (secondary N) is 1. The van der Waals surface area contributed by atoms with E-state index in [0.29, 0.717) is 0 Å². The Balaban J connectivity index is 1.53. The van der Waals surface area contributed by atoms with E-state index >= 15 is 0 Å². The summed E-state index contributed by atoms with van der Waals surface area (Å²) in [5.41, 5.74) is 1.32. The van der Waals surface area contributed by atoms with Gasteiger partial charge in [0.1, 0.15) is 11.0 Å². The van der Waals surface area contributed by atoms with E-state index in [9.17, 15) is 4.79 Å². The third-order valence-electron chi connectivity index (χ3n) is 5.56. The normalized spacial score (nSPS) is 26.1. The second-order valence-electron chi connectivity index (χ2n) is 7.52. The lowest BCUT2D eigenvalue weighted by molar-refractivity contribution is -0.917. The molecule has 1 saturated carbocycles. The minimum atomic E-state index is -0.0415. The summed E-state index contributed by atoms with van der Waals surface area (Å²) in [5.74, 6) is 0.431. The molecule has 1 aromatic rings. The fourth-order valence-electron chi connectivity index (χ4n) is 3.90. The van der Waals surface area contributed by atoms with Gasteiger partial charge in [-0.15, -0.1) is 0 Å². The van der Waals surface area contributed by atoms with Gasteiger partial charge in [0.05, 0.1) is 32.1 Å². The third-order valence-corrected chi connectivity index (χ3v) is 5.81. The number of hydrogen-bond donors (Lipinski definition) is 1. The first kappa shape index (κ1) is 17.8. The summed E-state index contributed by atoms with van der Waals surface area (Å²) < 4.78 is 0.264. The highest BCUT2D eigenvalue weighted by atomic mass is 35.5. The molecule has 3 rings (SSSR count). The van der Waals surface area contributed by atoms with E-state index in [1.165, 1.54) is 5.56 Å². The summed E-state index contributed by atoms with van der Waals surface area (Å²) in [7, 11) is 0. The fourth-order valence-corrected chi connectivity index (χ4v) is 4.17. The van der Waals surface area contributed by atoms with E-state index in [2.05, 4.69) is 38.1 Å². The average Bonchev–Trinajstić information content (AvgIpc) is 3.08. The van der Waals surface area contributed by atoms with Crippen LogP contribution in [0.2, 0.25) is 0 Å². The standard InChI is InChI=1S/C19H24Cl2N2O/c1-19(2)15(12-16(20)21)17(19)18(24)23-10-8-22(9-11-23)13-14-6-4-3-5-7-14/h3-7,12,15,17H,8-11,13H2,1-2H3/p+1/t15-,17+/m0/s1. The predicted octanol–water partition coefficient (Wildman–Crippen LogP) is 2.50. The molecule has 5 heteroatoms. The Morgan fingerprint density at radius 2 is 1.88 bits per heavy atom. The maximum atomic E-state index is 12.8. The first-order valence-electron chi connectivity index (χ1n) is 8.58. The Bertz CT molecular complexity index is 618. The van der Waals surface area contributed by atoms with Crippen molar-refractivity contribution in [1.82, 2.24) is 4.90 Å². The molecule has 2 atom stereocenters. The number of allylic oxidation sites excluding steroid dienone is 1. The summed E-state index contributed by atoms with van der Waals surface area (Å²) in [4.78, 5) is 16.4. The van der Waals surface area contributed by atoms with Gasteiger partial charge in [-0.1, -0.05) is 67.4 Å². The van der Waals surface area contributed by atoms with Crippen molar-refractivity contribution in [1.29, 1.82) is 0 Å². The number of piperazine rings is 1. The van der Waals surface area contributed by atoms with Crippen molar-refractivity contribution in [2.75, 3.05) is 26.2 Å². The second-order valence-corrected chi connectivity index (χ2v) is 8.53. The molecule has 1 N–H and O–H groups in total. The molecule has 1 amide bonds. The molecular weight excluding hydrogens is 343 g/mol. The summed E-state index contributed by atoms with van der Waals surface area (Å²) in [6.45, 7) is 8.94. The number of benzene rings is 1. The third kappa shape index (κ3) is 3.79. The molecule has 24 heavy (non-hydrogen) atoms. The predicted molar refractivity (Wildman–Crippen MR) is 98.0 cm³/mol. The SMILES string of the molecule is CC1(C)[C@@H](C=C(Cl)Cl)[C@@H]1C(=O)N1CC[NH+](Cc2ccccc2)CC1. The highest BCUT2D eigenvalue weighted by Gasteiger charge is 2.61. The molecule has 3 nitrogen and oxygen atoms in total. The van der Waals surface area contributed by atoms with Crippen LogP contribution in [0.5, 0.6) is 0 Å². The molecular formula is C19H25Cl2N2O+. The van der Waals surface area contributed by atoms with E-state index in [1.54, 1.807) is 4.90 Å². The van der Waals surface area contributed by atoms with Gasteiger partial charge in [0, 0.05) is 5.56 Å². The van der Waals surface area contributed by atoms with Gasteiger partial charge in [-0.05, 0) is 17.4 Å². The van der Waals surface area contributed by atoms with Gasteiger partial charge in [0.15, 0.2) is 0 Å². The lowest BCUT2D eigenvalue weighted by atomic mass is 10.1. The zero-order valence-corrected chi connectivity index (χ0v) is 15.8. The van der Waals surface area contributed by atoms with Crippen LogP contribution in [-0.4, -0.2) is 37.0 Å². The summed E-state index contributed by atoms with van der Waals surface area (Å²) >= 11 is 11.6. The Kier molecular flexibility index (Phi) is 5.24. The molecule has 2 fully saturated rings. The molecule has 0 radical (unpaired) electrons. The quantitative estimate of drug-likeness (QED) is 0.868. The van der Waals surface area contributed by atoms with Crippen LogP contribution in [0.4, 0.5) is 0 Å². The average molecular weight is 368 g/mol. The molecule has 0 unspecified atom stereocenters. The van der Waals surface area contributed by atoms with Crippen LogP contribution in [0.15, 0.2) is 40.9 Å². The van der Waals surface area contributed by atoms with Gasteiger partial charge in [-0.25, -0.2) is 0 Å². The number of rotatable bonds is 4. The summed E-state index contributed by atoms with van der Waals surface area (Å²) in [6.07, 6.45) is 1.82. The monoisotopic (exact) mass is 367 g/mol. The maximum Gasteiger partial charge on any atom is 0.227 e. The molecule has 1 aliphatic carbocycles. The zero-order chi connectivity index (χ0) is 17.3. The number of hydrogen-bond acceptors (Lipinski definition) is 1. The van der Waals surface area contributed by atoms with Crippen molar-refractivity contribution < 1.29 is 9.69 Å². The van der Waals surface area contributed by atoms with Crippen LogP contribution in [0, 0.1) is 17.3 Å². The molecule has 0 spiro atoms. The van der Waals surface area contributed by atoms with Crippen LogP contribution < -0.4 is 4.90 Å². The van der Waals surface area contributed by atoms with Gasteiger partial charge in [-0.3, -0.25) is 4.79 Å². The van der Waals surface area contributed by atoms with Crippen LogP contribution >= 0.6 is 23.2 Å². The Morgan fingerprint density at radius 1 is 1.25 bits per heavy atom. The smallest absolute Gasteiger partial charge is 0.227 e. The van der Waals surface area contributed by atoms with Gasteiger partial charge in [0.25, 0.3) is 0 Å². The van der Waals surface area contributed by atoms with Crippen molar-refractivity contribution in [2.24, 2.45) is 17.3 Å². The van der Waals surface area contributed by atoms with Gasteiger partial charge in [-0.2, -0.15) is 0 Å². The van der Waals surface area contributed by atoms with Crippen molar-refractivity contribution in [3.63, 3.8) is 0 Å². The highest BCUT2D eigenvalue weighted by molar-refractivity contribution is 6.55. The number of carbonyl (C=O) groups excluding carboxylic acids is 1. The number of carbonyl (C=O) groups is 1. The van der Waals surface area contributed by atoms with Crippen molar-refractivity contribution in [3.8, 4) is 0 Å². The number of amides is 1. The van der Waals surface area contributed by atoms with Crippen molar-refractivity contribution >= 4 is 29.1 Å². The maximum absolute atomic E-state index is 12.8. The molecule has 0 aromatic heterocycles. The molecule has 2 aliphatic rings. The number of quaternary nitrogens is 1. The molecule has 130 valence electrons. The van der Waals surface area contributed by atoms with E-state index in [-0.39, 0.29) is 27.6 Å². The molecule has 1 saturated heterocycles. The Labute approximate surface area is 154 Å². The minimum absolute atomic E-state index is 0.0145. The molecule has 1 aromatic carbocycles. The van der Waals surface area contributed by atoms with Crippen molar-refractivity contribution in [2.45, 2.75) is 20.4 Å².